The number of anilines is 1. The second-order valence-electron chi connectivity index (χ2n) is 3.72. The van der Waals surface area contributed by atoms with Crippen LogP contribution in [-0.4, -0.2) is 8.42 Å². The molecule has 0 bridgehead atoms. The van der Waals surface area contributed by atoms with Crippen molar-refractivity contribution in [1.82, 2.24) is 4.72 Å². The van der Waals surface area contributed by atoms with Gasteiger partial charge in [-0.3, -0.25) is 0 Å². The topological polar surface area (TPSA) is 72.2 Å². The Balaban J connectivity index is 2.20. The lowest BCUT2D eigenvalue weighted by molar-refractivity contribution is 0.581. The van der Waals surface area contributed by atoms with Crippen molar-refractivity contribution in [3.63, 3.8) is 0 Å². The van der Waals surface area contributed by atoms with Crippen LogP contribution in [0.4, 0.5) is 5.69 Å². The highest BCUT2D eigenvalue weighted by atomic mass is 79.9. The first-order valence-electron chi connectivity index (χ1n) is 5.17. The van der Waals surface area contributed by atoms with Gasteiger partial charge in [0.2, 0.25) is 10.0 Å². The van der Waals surface area contributed by atoms with Crippen molar-refractivity contribution in [3.05, 3.63) is 43.5 Å². The fourth-order valence-corrected chi connectivity index (χ4v) is 4.93. The van der Waals surface area contributed by atoms with Crippen molar-refractivity contribution in [1.29, 1.82) is 0 Å². The zero-order valence-electron chi connectivity index (χ0n) is 9.56. The van der Waals surface area contributed by atoms with E-state index in [1.54, 1.807) is 12.1 Å². The molecular formula is C11H10Br2N2O2S2. The molecule has 3 N–H and O–H groups in total. The van der Waals surface area contributed by atoms with Crippen molar-refractivity contribution >= 4 is 58.9 Å². The Kier molecular flexibility index (Phi) is 4.67. The third kappa shape index (κ3) is 3.79. The molecule has 102 valence electrons. The van der Waals surface area contributed by atoms with Crippen molar-refractivity contribution in [2.75, 3.05) is 5.73 Å². The average molecular weight is 426 g/mol. The second-order valence-corrected chi connectivity index (χ2v) is 8.86. The first-order valence-corrected chi connectivity index (χ1v) is 9.06. The number of nitrogens with one attached hydrogen (secondary N) is 1. The number of hydrogen-bond acceptors (Lipinski definition) is 4. The van der Waals surface area contributed by atoms with Crippen LogP contribution in [0.1, 0.15) is 4.88 Å². The molecule has 0 aliphatic heterocycles. The third-order valence-electron chi connectivity index (χ3n) is 2.31. The van der Waals surface area contributed by atoms with Crippen LogP contribution >= 0.6 is 43.2 Å². The monoisotopic (exact) mass is 424 g/mol. The molecule has 19 heavy (non-hydrogen) atoms. The van der Waals surface area contributed by atoms with Crippen molar-refractivity contribution in [2.45, 2.75) is 11.4 Å². The van der Waals surface area contributed by atoms with Crippen LogP contribution in [-0.2, 0) is 16.6 Å². The molecular weight excluding hydrogens is 416 g/mol. The summed E-state index contributed by atoms with van der Waals surface area (Å²) in [7, 11) is -3.59. The summed E-state index contributed by atoms with van der Waals surface area (Å²) in [5.74, 6) is 0. The molecule has 0 amide bonds. The highest BCUT2D eigenvalue weighted by Crippen LogP contribution is 2.25. The van der Waals surface area contributed by atoms with Crippen LogP contribution in [0.25, 0.3) is 0 Å². The normalized spacial score (nSPS) is 11.7. The molecule has 0 aliphatic rings. The van der Waals surface area contributed by atoms with E-state index in [0.29, 0.717) is 10.2 Å². The van der Waals surface area contributed by atoms with Gasteiger partial charge in [0.05, 0.1) is 8.68 Å². The Morgan fingerprint density at radius 2 is 1.95 bits per heavy atom. The van der Waals surface area contributed by atoms with Gasteiger partial charge < -0.3 is 5.73 Å². The smallest absolute Gasteiger partial charge is 0.242 e. The fourth-order valence-electron chi connectivity index (χ4n) is 1.42. The van der Waals surface area contributed by atoms with Gasteiger partial charge in [-0.05, 0) is 62.2 Å². The van der Waals surface area contributed by atoms with Crippen LogP contribution in [0.15, 0.2) is 43.5 Å². The first-order chi connectivity index (χ1) is 8.88. The van der Waals surface area contributed by atoms with E-state index in [9.17, 15) is 8.42 Å². The van der Waals surface area contributed by atoms with Crippen LogP contribution in [0, 0.1) is 0 Å². The minimum atomic E-state index is -3.59. The maximum Gasteiger partial charge on any atom is 0.242 e. The van der Waals surface area contributed by atoms with Gasteiger partial charge >= 0.3 is 0 Å². The predicted octanol–water partition coefficient (Wildman–Crippen LogP) is 3.33. The average Bonchev–Trinajstić information content (AvgIpc) is 2.76. The minimum absolute atomic E-state index is 0.142. The zero-order chi connectivity index (χ0) is 14.0. The van der Waals surface area contributed by atoms with E-state index in [2.05, 4.69) is 36.6 Å². The van der Waals surface area contributed by atoms with Gasteiger partial charge in [-0.15, -0.1) is 11.3 Å². The van der Waals surface area contributed by atoms with Gasteiger partial charge in [0, 0.05) is 21.6 Å². The summed E-state index contributed by atoms with van der Waals surface area (Å²) >= 11 is 8.04. The number of rotatable bonds is 4. The van der Waals surface area contributed by atoms with Crippen molar-refractivity contribution < 1.29 is 8.42 Å². The summed E-state index contributed by atoms with van der Waals surface area (Å²) in [5, 5.41) is 0. The lowest BCUT2D eigenvalue weighted by Gasteiger charge is -2.08. The maximum absolute atomic E-state index is 12.2. The van der Waals surface area contributed by atoms with Gasteiger partial charge in [0.1, 0.15) is 0 Å². The number of thiophene rings is 1. The van der Waals surface area contributed by atoms with Gasteiger partial charge in [0.25, 0.3) is 0 Å². The van der Waals surface area contributed by atoms with Crippen molar-refractivity contribution in [3.8, 4) is 0 Å². The Morgan fingerprint density at radius 1 is 1.21 bits per heavy atom. The van der Waals surface area contributed by atoms with Crippen molar-refractivity contribution in [2.24, 2.45) is 0 Å². The van der Waals surface area contributed by atoms with Crippen LogP contribution in [0.5, 0.6) is 0 Å². The largest absolute Gasteiger partial charge is 0.399 e. The van der Waals surface area contributed by atoms with E-state index in [-0.39, 0.29) is 11.4 Å². The summed E-state index contributed by atoms with van der Waals surface area (Å²) in [6.07, 6.45) is 0. The molecule has 0 aliphatic carbocycles. The summed E-state index contributed by atoms with van der Waals surface area (Å²) in [4.78, 5) is 1.07. The Labute approximate surface area is 132 Å². The number of halogens is 2. The summed E-state index contributed by atoms with van der Waals surface area (Å²) in [5.41, 5.74) is 6.02. The molecule has 2 rings (SSSR count). The number of nitrogens with two attached hydrogens (primary N) is 1. The lowest BCUT2D eigenvalue weighted by Crippen LogP contribution is -2.23. The minimum Gasteiger partial charge on any atom is -0.399 e. The number of benzene rings is 1. The Bertz CT molecular complexity index is 698. The summed E-state index contributed by atoms with van der Waals surface area (Å²) < 4.78 is 28.4. The SMILES string of the molecule is Nc1ccc(Br)c(S(=O)(=O)NCc2ccc(Br)s2)c1. The van der Waals surface area contributed by atoms with Gasteiger partial charge in [-0.1, -0.05) is 0 Å². The predicted molar refractivity (Wildman–Crippen MR) is 84.6 cm³/mol. The van der Waals surface area contributed by atoms with E-state index in [1.807, 2.05) is 12.1 Å². The Morgan fingerprint density at radius 3 is 2.58 bits per heavy atom. The summed E-state index contributed by atoms with van der Waals surface area (Å²) in [6.45, 7) is 0.250. The number of nitrogen functional groups attached to an aromatic ring is 1. The first kappa shape index (κ1) is 15.0. The molecule has 0 radical (unpaired) electrons. The Hall–Kier alpha value is -0.410. The molecule has 0 saturated carbocycles. The highest BCUT2D eigenvalue weighted by Gasteiger charge is 2.17. The molecule has 0 saturated heterocycles. The molecule has 8 heteroatoms. The van der Waals surface area contributed by atoms with Crippen LogP contribution < -0.4 is 10.5 Å². The maximum atomic E-state index is 12.2. The standard InChI is InChI=1S/C11H10Br2N2O2S2/c12-9-3-1-7(14)5-10(9)19(16,17)15-6-8-2-4-11(13)18-8/h1-5,15H,6,14H2. The van der Waals surface area contributed by atoms with E-state index < -0.39 is 10.0 Å². The van der Waals surface area contributed by atoms with Gasteiger partial charge in [-0.2, -0.15) is 0 Å². The van der Waals surface area contributed by atoms with E-state index >= 15 is 0 Å². The lowest BCUT2D eigenvalue weighted by atomic mass is 10.3. The molecule has 1 aromatic heterocycles. The van der Waals surface area contributed by atoms with Gasteiger partial charge in [0.15, 0.2) is 0 Å². The molecule has 1 heterocycles. The van der Waals surface area contributed by atoms with Crippen LogP contribution in [0.3, 0.4) is 0 Å². The highest BCUT2D eigenvalue weighted by molar-refractivity contribution is 9.11. The van der Waals surface area contributed by atoms with Gasteiger partial charge in [-0.25, -0.2) is 13.1 Å². The van der Waals surface area contributed by atoms with Crippen LogP contribution in [0.2, 0.25) is 0 Å². The number of sulfonamides is 1. The zero-order valence-corrected chi connectivity index (χ0v) is 14.4. The summed E-state index contributed by atoms with van der Waals surface area (Å²) in [6, 6.07) is 8.43. The molecule has 4 nitrogen and oxygen atoms in total. The molecule has 1 aromatic carbocycles. The van der Waals surface area contributed by atoms with E-state index in [0.717, 1.165) is 8.66 Å². The van der Waals surface area contributed by atoms with E-state index in [4.69, 9.17) is 5.73 Å². The molecule has 0 spiro atoms. The molecule has 0 fully saturated rings. The molecule has 0 atom stereocenters. The molecule has 2 aromatic rings. The quantitative estimate of drug-likeness (QED) is 0.737. The second kappa shape index (κ2) is 5.92. The number of hydrogen-bond donors (Lipinski definition) is 2. The fraction of sp³-hybridized carbons (Fsp3) is 0.0909. The third-order valence-corrected chi connectivity index (χ3v) is 6.33. The van der Waals surface area contributed by atoms with E-state index in [1.165, 1.54) is 17.4 Å². The molecule has 0 unspecified atom stereocenters.